The molecule has 1 saturated heterocycles. The lowest BCUT2D eigenvalue weighted by Gasteiger charge is -2.05. The lowest BCUT2D eigenvalue weighted by molar-refractivity contribution is -0.113. The molecule has 1 N–H and O–H groups in total. The van der Waals surface area contributed by atoms with Crippen LogP contribution in [0.25, 0.3) is 0 Å². The Labute approximate surface area is 144 Å². The highest BCUT2D eigenvalue weighted by molar-refractivity contribution is 8.00. The van der Waals surface area contributed by atoms with E-state index in [0.29, 0.717) is 19.1 Å². The van der Waals surface area contributed by atoms with Crippen molar-refractivity contribution in [3.05, 3.63) is 30.2 Å². The van der Waals surface area contributed by atoms with Gasteiger partial charge in [-0.15, -0.1) is 16.9 Å². The predicted molar refractivity (Wildman–Crippen MR) is 89.2 cm³/mol. The van der Waals surface area contributed by atoms with Gasteiger partial charge >= 0.3 is 6.01 Å². The topological polar surface area (TPSA) is 86.5 Å². The second-order valence-electron chi connectivity index (χ2n) is 5.19. The molecule has 1 aliphatic rings. The Morgan fingerprint density at radius 1 is 1.38 bits per heavy atom. The molecule has 0 spiro atoms. The van der Waals surface area contributed by atoms with Gasteiger partial charge in [-0.25, -0.2) is 0 Å². The van der Waals surface area contributed by atoms with Crippen molar-refractivity contribution in [3.8, 4) is 5.75 Å². The van der Waals surface area contributed by atoms with Crippen molar-refractivity contribution >= 4 is 23.7 Å². The van der Waals surface area contributed by atoms with Crippen LogP contribution in [0, 0.1) is 0 Å². The molecule has 24 heavy (non-hydrogen) atoms. The molecule has 0 bridgehead atoms. The summed E-state index contributed by atoms with van der Waals surface area (Å²) < 4.78 is 16.3. The van der Waals surface area contributed by atoms with Gasteiger partial charge in [-0.3, -0.25) is 10.1 Å². The van der Waals surface area contributed by atoms with Gasteiger partial charge in [0.15, 0.2) is 0 Å². The first-order valence-electron chi connectivity index (χ1n) is 7.85. The molecule has 0 unspecified atom stereocenters. The number of rotatable bonds is 7. The maximum Gasteiger partial charge on any atom is 0.322 e. The molecule has 8 heteroatoms. The molecule has 7 nitrogen and oxygen atoms in total. The molecule has 0 radical (unpaired) electrons. The summed E-state index contributed by atoms with van der Waals surface area (Å²) in [6.45, 7) is 3.27. The fourth-order valence-electron chi connectivity index (χ4n) is 2.29. The number of amides is 1. The third-order valence-corrected chi connectivity index (χ3v) is 4.41. The smallest absolute Gasteiger partial charge is 0.322 e. The van der Waals surface area contributed by atoms with E-state index in [-0.39, 0.29) is 23.8 Å². The number of hydrogen-bond acceptors (Lipinski definition) is 7. The van der Waals surface area contributed by atoms with Crippen LogP contribution in [0.15, 0.2) is 33.6 Å². The number of aromatic nitrogens is 2. The van der Waals surface area contributed by atoms with Gasteiger partial charge in [-0.2, -0.15) is 0 Å². The van der Waals surface area contributed by atoms with Gasteiger partial charge in [-0.1, -0.05) is 5.10 Å². The Hall–Kier alpha value is -2.06. The second kappa shape index (κ2) is 8.16. The molecule has 1 aromatic heterocycles. The largest absolute Gasteiger partial charge is 0.494 e. The van der Waals surface area contributed by atoms with Crippen molar-refractivity contribution in [1.29, 1.82) is 0 Å². The van der Waals surface area contributed by atoms with Crippen LogP contribution in [0.4, 0.5) is 6.01 Å². The zero-order chi connectivity index (χ0) is 16.8. The van der Waals surface area contributed by atoms with Gasteiger partial charge in [0.1, 0.15) is 11.9 Å². The van der Waals surface area contributed by atoms with Crippen LogP contribution < -0.4 is 10.1 Å². The number of ether oxygens (including phenoxy) is 2. The standard InChI is InChI=1S/C16H19N3O4S/c1-2-21-11-5-7-12(8-6-11)24-10-14(20)17-16-19-18-15(23-16)13-4-3-9-22-13/h5-8,13H,2-4,9-10H2,1H3,(H,17,19,20)/t13-/m0/s1. The SMILES string of the molecule is CCOc1ccc(SCC(=O)Nc2nnc([C@@H]3CCCO3)o2)cc1. The van der Waals surface area contributed by atoms with Crippen LogP contribution >= 0.6 is 11.8 Å². The Morgan fingerprint density at radius 2 is 2.21 bits per heavy atom. The molecule has 3 rings (SSSR count). The van der Waals surface area contributed by atoms with Crippen LogP contribution in [0.2, 0.25) is 0 Å². The number of carbonyl (C=O) groups is 1. The van der Waals surface area contributed by atoms with E-state index in [1.165, 1.54) is 11.8 Å². The first kappa shape index (κ1) is 16.8. The van der Waals surface area contributed by atoms with E-state index in [0.717, 1.165) is 23.5 Å². The van der Waals surface area contributed by atoms with Gasteiger partial charge in [0.05, 0.1) is 12.4 Å². The van der Waals surface area contributed by atoms with Gasteiger partial charge in [0, 0.05) is 11.5 Å². The van der Waals surface area contributed by atoms with E-state index in [2.05, 4.69) is 15.5 Å². The molecular weight excluding hydrogens is 330 g/mol. The van der Waals surface area contributed by atoms with Crippen LogP contribution in [0.1, 0.15) is 31.8 Å². The molecule has 1 fully saturated rings. The predicted octanol–water partition coefficient (Wildman–Crippen LogP) is 3.05. The fourth-order valence-corrected chi connectivity index (χ4v) is 2.99. The van der Waals surface area contributed by atoms with Crippen LogP contribution in [-0.4, -0.2) is 35.1 Å². The number of thioether (sulfide) groups is 1. The normalized spacial score (nSPS) is 17.0. The molecule has 2 aromatic rings. The Bertz CT molecular complexity index is 668. The van der Waals surface area contributed by atoms with Crippen molar-refractivity contribution in [1.82, 2.24) is 10.2 Å². The Kier molecular flexibility index (Phi) is 5.71. The van der Waals surface area contributed by atoms with E-state index in [1.54, 1.807) is 0 Å². The number of anilines is 1. The molecule has 2 heterocycles. The number of benzene rings is 1. The maximum atomic E-state index is 12.0. The summed E-state index contributed by atoms with van der Waals surface area (Å²) in [5.74, 6) is 1.29. The van der Waals surface area contributed by atoms with Crippen molar-refractivity contribution < 1.29 is 18.7 Å². The quantitative estimate of drug-likeness (QED) is 0.769. The third-order valence-electron chi connectivity index (χ3n) is 3.40. The summed E-state index contributed by atoms with van der Waals surface area (Å²) in [4.78, 5) is 13.0. The summed E-state index contributed by atoms with van der Waals surface area (Å²) in [5, 5.41) is 10.4. The van der Waals surface area contributed by atoms with Gasteiger partial charge in [0.25, 0.3) is 0 Å². The highest BCUT2D eigenvalue weighted by Gasteiger charge is 2.24. The first-order valence-corrected chi connectivity index (χ1v) is 8.83. The molecule has 1 aromatic carbocycles. The average Bonchev–Trinajstić information content (AvgIpc) is 3.26. The van der Waals surface area contributed by atoms with Gasteiger partial charge in [0.2, 0.25) is 11.8 Å². The van der Waals surface area contributed by atoms with Crippen LogP contribution in [0.3, 0.4) is 0 Å². The zero-order valence-corrected chi connectivity index (χ0v) is 14.2. The molecule has 0 saturated carbocycles. The van der Waals surface area contributed by atoms with Crippen molar-refractivity contribution in [2.75, 3.05) is 24.3 Å². The number of carbonyl (C=O) groups excluding carboxylic acids is 1. The lowest BCUT2D eigenvalue weighted by atomic mass is 10.2. The minimum absolute atomic E-state index is 0.109. The highest BCUT2D eigenvalue weighted by atomic mass is 32.2. The molecule has 1 atom stereocenters. The monoisotopic (exact) mass is 349 g/mol. The number of nitrogens with one attached hydrogen (secondary N) is 1. The summed E-state index contributed by atoms with van der Waals surface area (Å²) in [7, 11) is 0. The number of nitrogens with zero attached hydrogens (tertiary/aromatic N) is 2. The Morgan fingerprint density at radius 3 is 2.92 bits per heavy atom. The minimum Gasteiger partial charge on any atom is -0.494 e. The molecule has 1 amide bonds. The summed E-state index contributed by atoms with van der Waals surface area (Å²) in [5.41, 5.74) is 0. The number of hydrogen-bond donors (Lipinski definition) is 1. The fraction of sp³-hybridized carbons (Fsp3) is 0.438. The molecule has 0 aliphatic carbocycles. The zero-order valence-electron chi connectivity index (χ0n) is 13.4. The maximum absolute atomic E-state index is 12.0. The van der Waals surface area contributed by atoms with E-state index in [1.807, 2.05) is 31.2 Å². The lowest BCUT2D eigenvalue weighted by Crippen LogP contribution is -2.14. The highest BCUT2D eigenvalue weighted by Crippen LogP contribution is 2.28. The molecular formula is C16H19N3O4S. The molecule has 128 valence electrons. The summed E-state index contributed by atoms with van der Waals surface area (Å²) >= 11 is 1.42. The van der Waals surface area contributed by atoms with Gasteiger partial charge < -0.3 is 13.9 Å². The Balaban J connectivity index is 1.47. The van der Waals surface area contributed by atoms with E-state index in [4.69, 9.17) is 13.9 Å². The average molecular weight is 349 g/mol. The van der Waals surface area contributed by atoms with Crippen molar-refractivity contribution in [3.63, 3.8) is 0 Å². The van der Waals surface area contributed by atoms with E-state index < -0.39 is 0 Å². The van der Waals surface area contributed by atoms with Crippen LogP contribution in [0.5, 0.6) is 5.75 Å². The van der Waals surface area contributed by atoms with Crippen molar-refractivity contribution in [2.24, 2.45) is 0 Å². The second-order valence-corrected chi connectivity index (χ2v) is 6.24. The van der Waals surface area contributed by atoms with Crippen LogP contribution in [-0.2, 0) is 9.53 Å². The molecule has 1 aliphatic heterocycles. The van der Waals surface area contributed by atoms with Crippen molar-refractivity contribution in [2.45, 2.75) is 30.8 Å². The van der Waals surface area contributed by atoms with Gasteiger partial charge in [-0.05, 0) is 44.0 Å². The summed E-state index contributed by atoms with van der Waals surface area (Å²) in [6.07, 6.45) is 1.69. The third kappa shape index (κ3) is 4.48. The van der Waals surface area contributed by atoms with E-state index in [9.17, 15) is 4.79 Å². The first-order chi connectivity index (χ1) is 11.7. The summed E-state index contributed by atoms with van der Waals surface area (Å²) in [6, 6.07) is 7.72. The minimum atomic E-state index is -0.198. The van der Waals surface area contributed by atoms with E-state index >= 15 is 0 Å².